The number of halogens is 2. The van der Waals surface area contributed by atoms with Crippen molar-refractivity contribution in [1.82, 2.24) is 10.2 Å². The van der Waals surface area contributed by atoms with Crippen LogP contribution in [0.5, 0.6) is 0 Å². The second-order valence-electron chi connectivity index (χ2n) is 4.33. The minimum absolute atomic E-state index is 0.235. The number of alkyl halides is 1. The number of piperazine rings is 1. The molecule has 17 heavy (non-hydrogen) atoms. The maximum atomic E-state index is 12.7. The summed E-state index contributed by atoms with van der Waals surface area (Å²) in [5.74, 6) is 0. The van der Waals surface area contributed by atoms with Crippen LogP contribution in [-0.2, 0) is 0 Å². The van der Waals surface area contributed by atoms with Gasteiger partial charge in [-0.15, -0.1) is 0 Å². The number of hydrogen-bond donors (Lipinski definition) is 1. The van der Waals surface area contributed by atoms with Crippen molar-refractivity contribution < 1.29 is 4.39 Å². The van der Waals surface area contributed by atoms with E-state index >= 15 is 0 Å². The van der Waals surface area contributed by atoms with Gasteiger partial charge in [0.2, 0.25) is 0 Å². The summed E-state index contributed by atoms with van der Waals surface area (Å²) in [5.41, 5.74) is 1.24. The summed E-state index contributed by atoms with van der Waals surface area (Å²) >= 11 is 2.30. The molecule has 1 saturated heterocycles. The zero-order valence-corrected chi connectivity index (χ0v) is 12.0. The Morgan fingerprint density at radius 3 is 2.47 bits per heavy atom. The van der Waals surface area contributed by atoms with Gasteiger partial charge in [0.25, 0.3) is 0 Å². The van der Waals surface area contributed by atoms with Gasteiger partial charge in [0.15, 0.2) is 0 Å². The zero-order chi connectivity index (χ0) is 12.1. The lowest BCUT2D eigenvalue weighted by Crippen LogP contribution is -2.45. The molecule has 1 aliphatic rings. The molecular weight excluding hydrogens is 330 g/mol. The van der Waals surface area contributed by atoms with E-state index in [1.165, 1.54) is 9.13 Å². The van der Waals surface area contributed by atoms with Gasteiger partial charge in [-0.25, -0.2) is 0 Å². The summed E-state index contributed by atoms with van der Waals surface area (Å²) in [6, 6.07) is 8.69. The number of benzene rings is 1. The molecule has 1 aromatic carbocycles. The van der Waals surface area contributed by atoms with Crippen molar-refractivity contribution in [2.24, 2.45) is 0 Å². The molecule has 1 aliphatic heterocycles. The molecule has 0 aliphatic carbocycles. The Hall–Kier alpha value is -0.200. The van der Waals surface area contributed by atoms with E-state index in [1.807, 2.05) is 0 Å². The van der Waals surface area contributed by atoms with Crippen molar-refractivity contribution in [3.8, 4) is 0 Å². The van der Waals surface area contributed by atoms with Gasteiger partial charge < -0.3 is 5.32 Å². The lowest BCUT2D eigenvalue weighted by atomic mass is 10.0. The lowest BCUT2D eigenvalue weighted by molar-refractivity contribution is 0.157. The first-order valence-electron chi connectivity index (χ1n) is 6.07. The summed E-state index contributed by atoms with van der Waals surface area (Å²) < 4.78 is 13.9. The highest BCUT2D eigenvalue weighted by molar-refractivity contribution is 14.1. The highest BCUT2D eigenvalue weighted by Gasteiger charge is 2.21. The van der Waals surface area contributed by atoms with Crippen LogP contribution in [0.3, 0.4) is 0 Å². The van der Waals surface area contributed by atoms with Crippen LogP contribution in [0.2, 0.25) is 0 Å². The molecule has 1 N–H and O–H groups in total. The van der Waals surface area contributed by atoms with Gasteiger partial charge in [0.05, 0.1) is 6.67 Å². The Bertz CT molecular complexity index is 336. The van der Waals surface area contributed by atoms with E-state index in [2.05, 4.69) is 57.1 Å². The third-order valence-corrected chi connectivity index (χ3v) is 3.95. The summed E-state index contributed by atoms with van der Waals surface area (Å²) in [6.07, 6.45) is 0.598. The van der Waals surface area contributed by atoms with E-state index in [0.717, 1.165) is 26.2 Å². The molecule has 2 rings (SSSR count). The predicted octanol–water partition coefficient (Wildman–Crippen LogP) is 2.60. The molecule has 0 amide bonds. The largest absolute Gasteiger partial charge is 0.314 e. The molecule has 2 nitrogen and oxygen atoms in total. The van der Waals surface area contributed by atoms with E-state index in [4.69, 9.17) is 0 Å². The SMILES string of the molecule is FCC[C@@H](c1ccc(I)cc1)N1CCNCC1. The van der Waals surface area contributed by atoms with Gasteiger partial charge in [-0.05, 0) is 46.7 Å². The van der Waals surface area contributed by atoms with E-state index in [-0.39, 0.29) is 12.7 Å². The molecule has 0 bridgehead atoms. The molecule has 0 saturated carbocycles. The predicted molar refractivity (Wildman–Crippen MR) is 76.9 cm³/mol. The number of nitrogens with one attached hydrogen (secondary N) is 1. The Morgan fingerprint density at radius 2 is 1.88 bits per heavy atom. The van der Waals surface area contributed by atoms with E-state index in [0.29, 0.717) is 6.42 Å². The fourth-order valence-electron chi connectivity index (χ4n) is 2.34. The number of nitrogens with zero attached hydrogens (tertiary/aromatic N) is 1. The minimum atomic E-state index is -0.249. The third-order valence-electron chi connectivity index (χ3n) is 3.23. The minimum Gasteiger partial charge on any atom is -0.314 e. The van der Waals surface area contributed by atoms with Crippen LogP contribution >= 0.6 is 22.6 Å². The van der Waals surface area contributed by atoms with Crippen LogP contribution < -0.4 is 5.32 Å². The lowest BCUT2D eigenvalue weighted by Gasteiger charge is -2.34. The third kappa shape index (κ3) is 3.63. The molecule has 1 aromatic rings. The second kappa shape index (κ2) is 6.66. The topological polar surface area (TPSA) is 15.3 Å². The Labute approximate surface area is 116 Å². The molecular formula is C13H18FIN2. The molecule has 94 valence electrons. The van der Waals surface area contributed by atoms with Gasteiger partial charge in [0, 0.05) is 35.8 Å². The average molecular weight is 348 g/mol. The van der Waals surface area contributed by atoms with E-state index in [1.54, 1.807) is 0 Å². The maximum absolute atomic E-state index is 12.7. The van der Waals surface area contributed by atoms with Crippen molar-refractivity contribution in [2.75, 3.05) is 32.9 Å². The maximum Gasteiger partial charge on any atom is 0.0912 e. The van der Waals surface area contributed by atoms with Crippen LogP contribution in [0.4, 0.5) is 4.39 Å². The van der Waals surface area contributed by atoms with Gasteiger partial charge >= 0.3 is 0 Å². The molecule has 0 aromatic heterocycles. The van der Waals surface area contributed by atoms with Crippen LogP contribution in [-0.4, -0.2) is 37.8 Å². The van der Waals surface area contributed by atoms with Crippen molar-refractivity contribution in [3.05, 3.63) is 33.4 Å². The molecule has 4 heteroatoms. The van der Waals surface area contributed by atoms with Crippen LogP contribution in [0, 0.1) is 3.57 Å². The average Bonchev–Trinajstić information content (AvgIpc) is 2.38. The van der Waals surface area contributed by atoms with Crippen LogP contribution in [0.15, 0.2) is 24.3 Å². The summed E-state index contributed by atoms with van der Waals surface area (Å²) in [5, 5.41) is 3.34. The van der Waals surface area contributed by atoms with Crippen LogP contribution in [0.25, 0.3) is 0 Å². The first-order valence-corrected chi connectivity index (χ1v) is 7.15. The fraction of sp³-hybridized carbons (Fsp3) is 0.538. The van der Waals surface area contributed by atoms with Crippen molar-refractivity contribution >= 4 is 22.6 Å². The van der Waals surface area contributed by atoms with Crippen molar-refractivity contribution in [2.45, 2.75) is 12.5 Å². The molecule has 0 radical (unpaired) electrons. The summed E-state index contributed by atoms with van der Waals surface area (Å²) in [4.78, 5) is 2.39. The number of rotatable bonds is 4. The second-order valence-corrected chi connectivity index (χ2v) is 5.58. The molecule has 1 atom stereocenters. The standard InChI is InChI=1S/C13H18FIN2/c14-6-5-13(17-9-7-16-8-10-17)11-1-3-12(15)4-2-11/h1-4,13,16H,5-10H2/t13-/m0/s1. The van der Waals surface area contributed by atoms with E-state index in [9.17, 15) is 4.39 Å². The van der Waals surface area contributed by atoms with Crippen molar-refractivity contribution in [3.63, 3.8) is 0 Å². The highest BCUT2D eigenvalue weighted by atomic mass is 127. The molecule has 0 spiro atoms. The highest BCUT2D eigenvalue weighted by Crippen LogP contribution is 2.25. The van der Waals surface area contributed by atoms with Gasteiger partial charge in [-0.1, -0.05) is 12.1 Å². The van der Waals surface area contributed by atoms with Gasteiger partial charge in [0.1, 0.15) is 0 Å². The summed E-state index contributed by atoms with van der Waals surface area (Å²) in [7, 11) is 0. The molecule has 0 unspecified atom stereocenters. The van der Waals surface area contributed by atoms with Crippen LogP contribution in [0.1, 0.15) is 18.0 Å². The smallest absolute Gasteiger partial charge is 0.0912 e. The van der Waals surface area contributed by atoms with Gasteiger partial charge in [-0.3, -0.25) is 9.29 Å². The Morgan fingerprint density at radius 1 is 1.24 bits per heavy atom. The van der Waals surface area contributed by atoms with E-state index < -0.39 is 0 Å². The Kier molecular flexibility index (Phi) is 5.18. The number of hydrogen-bond acceptors (Lipinski definition) is 2. The zero-order valence-electron chi connectivity index (χ0n) is 9.83. The fourth-order valence-corrected chi connectivity index (χ4v) is 2.70. The first kappa shape index (κ1) is 13.2. The molecule has 1 heterocycles. The first-order chi connectivity index (χ1) is 8.31. The quantitative estimate of drug-likeness (QED) is 0.842. The van der Waals surface area contributed by atoms with Gasteiger partial charge in [-0.2, -0.15) is 0 Å². The molecule has 1 fully saturated rings. The monoisotopic (exact) mass is 348 g/mol. The normalized spacial score (nSPS) is 19.2. The Balaban J connectivity index is 2.12. The summed E-state index contributed by atoms with van der Waals surface area (Å²) in [6.45, 7) is 3.79. The van der Waals surface area contributed by atoms with Crippen molar-refractivity contribution in [1.29, 1.82) is 0 Å².